The van der Waals surface area contributed by atoms with Gasteiger partial charge in [0, 0.05) is 16.3 Å². The van der Waals surface area contributed by atoms with Gasteiger partial charge in [-0.05, 0) is 91.6 Å². The summed E-state index contributed by atoms with van der Waals surface area (Å²) in [6.07, 6.45) is -14.9. The van der Waals surface area contributed by atoms with Crippen LogP contribution in [0.4, 0.5) is 39.5 Å². The molecule has 5 nitrogen and oxygen atoms in total. The van der Waals surface area contributed by atoms with Crippen molar-refractivity contribution >= 4 is 21.8 Å². The number of rotatable bonds is 4. The first kappa shape index (κ1) is 36.1. The van der Waals surface area contributed by atoms with Gasteiger partial charge >= 0.3 is 18.5 Å². The zero-order valence-electron chi connectivity index (χ0n) is 28.3. The predicted octanol–water partition coefficient (Wildman–Crippen LogP) is 11.8. The highest BCUT2D eigenvalue weighted by Gasteiger charge is 2.39. The Labute approximate surface area is 301 Å². The van der Waals surface area contributed by atoms with Crippen molar-refractivity contribution in [3.8, 4) is 45.4 Å². The fourth-order valence-corrected chi connectivity index (χ4v) is 6.66. The van der Waals surface area contributed by atoms with Gasteiger partial charge in [-0.2, -0.15) is 44.8 Å². The van der Waals surface area contributed by atoms with Crippen LogP contribution in [0.25, 0.3) is 61.1 Å². The van der Waals surface area contributed by atoms with Crippen LogP contribution in [0.2, 0.25) is 0 Å². The SMILES string of the molecule is Cc1ccc(-c2ccc3c4ccc(-c5ccc(C(F)(F)F)cc5C(F)(F)F)cc4n(-c4cc(-c5nc(C)nc(C)n5)ccc4C#N)c3c2)c(C(F)(F)F)c1. The molecule has 0 atom stereocenters. The van der Waals surface area contributed by atoms with Crippen LogP contribution in [-0.4, -0.2) is 19.5 Å². The van der Waals surface area contributed by atoms with Gasteiger partial charge in [0.05, 0.1) is 39.0 Å². The van der Waals surface area contributed by atoms with Crippen LogP contribution in [-0.2, 0) is 18.5 Å². The molecule has 0 saturated carbocycles. The van der Waals surface area contributed by atoms with Crippen LogP contribution in [0.3, 0.4) is 0 Å². The Kier molecular flexibility index (Phi) is 8.51. The average Bonchev–Trinajstić information content (AvgIpc) is 3.42. The molecule has 0 N–H and O–H groups in total. The fraction of sp³-hybridized carbons (Fsp3) is 0.150. The van der Waals surface area contributed by atoms with Gasteiger partial charge in [-0.3, -0.25) is 0 Å². The molecule has 272 valence electrons. The molecule has 0 fully saturated rings. The number of fused-ring (bicyclic) bond motifs is 3. The molecule has 0 aliphatic heterocycles. The lowest BCUT2D eigenvalue weighted by molar-refractivity contribution is -0.143. The van der Waals surface area contributed by atoms with E-state index < -0.39 is 40.8 Å². The molecule has 0 aliphatic carbocycles. The van der Waals surface area contributed by atoms with Gasteiger partial charge in [-0.1, -0.05) is 48.0 Å². The second kappa shape index (κ2) is 12.7. The maximum atomic E-state index is 14.3. The second-order valence-electron chi connectivity index (χ2n) is 12.7. The number of nitrogens with zero attached hydrogens (tertiary/aromatic N) is 5. The molecule has 0 unspecified atom stereocenters. The molecule has 54 heavy (non-hydrogen) atoms. The lowest BCUT2D eigenvalue weighted by Crippen LogP contribution is -2.12. The number of aromatic nitrogens is 4. The average molecular weight is 746 g/mol. The molecule has 0 bridgehead atoms. The number of hydrogen-bond donors (Lipinski definition) is 0. The quantitative estimate of drug-likeness (QED) is 0.168. The topological polar surface area (TPSA) is 67.4 Å². The van der Waals surface area contributed by atoms with E-state index in [2.05, 4.69) is 21.0 Å². The van der Waals surface area contributed by atoms with Crippen molar-refractivity contribution in [2.24, 2.45) is 0 Å². The summed E-state index contributed by atoms with van der Waals surface area (Å²) >= 11 is 0. The molecule has 2 aromatic heterocycles. The number of hydrogen-bond acceptors (Lipinski definition) is 4. The summed E-state index contributed by atoms with van der Waals surface area (Å²) in [5, 5.41) is 11.2. The normalized spacial score (nSPS) is 12.4. The standard InChI is InChI=1S/C40H24F9N5/c1-20-4-10-28(32(14-20)39(44,45)46)23-7-11-30-31-12-8-24(29-13-9-27(38(41,42)43)18-33(29)40(47,48)49)16-36(31)54(35(30)15-23)34-17-25(5-6-26(34)19-50)37-52-21(2)51-22(3)53-37/h4-18H,1-3H3. The lowest BCUT2D eigenvalue weighted by atomic mass is 9.95. The van der Waals surface area contributed by atoms with Crippen molar-refractivity contribution in [2.75, 3.05) is 0 Å². The first-order valence-electron chi connectivity index (χ1n) is 16.1. The summed E-state index contributed by atoms with van der Waals surface area (Å²) in [6.45, 7) is 4.86. The number of benzene rings is 5. The summed E-state index contributed by atoms with van der Waals surface area (Å²) in [5.74, 6) is 1.07. The Morgan fingerprint density at radius 1 is 0.537 bits per heavy atom. The molecule has 7 aromatic rings. The minimum atomic E-state index is -5.17. The highest BCUT2D eigenvalue weighted by Crippen LogP contribution is 2.44. The van der Waals surface area contributed by atoms with Gasteiger partial charge in [0.15, 0.2) is 5.82 Å². The summed E-state index contributed by atoms with van der Waals surface area (Å²) in [7, 11) is 0. The molecular weight excluding hydrogens is 721 g/mol. The van der Waals surface area contributed by atoms with E-state index in [9.17, 15) is 44.8 Å². The van der Waals surface area contributed by atoms with Crippen LogP contribution in [0, 0.1) is 32.1 Å². The maximum Gasteiger partial charge on any atom is 0.417 e. The first-order valence-corrected chi connectivity index (χ1v) is 16.1. The van der Waals surface area contributed by atoms with E-state index in [4.69, 9.17) is 0 Å². The smallest absolute Gasteiger partial charge is 0.308 e. The zero-order chi connectivity index (χ0) is 38.9. The Hall–Kier alpha value is -6.23. The summed E-state index contributed by atoms with van der Waals surface area (Å²) in [6, 6.07) is 20.8. The van der Waals surface area contributed by atoms with Crippen LogP contribution in [0.1, 0.15) is 39.5 Å². The third-order valence-electron chi connectivity index (χ3n) is 9.00. The van der Waals surface area contributed by atoms with Gasteiger partial charge in [0.25, 0.3) is 0 Å². The first-order chi connectivity index (χ1) is 25.3. The summed E-state index contributed by atoms with van der Waals surface area (Å²) < 4.78 is 128. The van der Waals surface area contributed by atoms with Crippen LogP contribution >= 0.6 is 0 Å². The summed E-state index contributed by atoms with van der Waals surface area (Å²) in [4.78, 5) is 13.0. The van der Waals surface area contributed by atoms with Crippen molar-refractivity contribution in [1.82, 2.24) is 19.5 Å². The molecule has 0 aliphatic rings. The van der Waals surface area contributed by atoms with Crippen LogP contribution in [0.15, 0.2) is 91.0 Å². The van der Waals surface area contributed by atoms with E-state index in [0.29, 0.717) is 45.1 Å². The Morgan fingerprint density at radius 2 is 1.06 bits per heavy atom. The number of alkyl halides is 9. The molecule has 0 saturated heterocycles. The maximum absolute atomic E-state index is 14.3. The molecule has 0 spiro atoms. The molecule has 0 amide bonds. The molecule has 2 heterocycles. The van der Waals surface area contributed by atoms with E-state index in [0.717, 1.165) is 12.1 Å². The largest absolute Gasteiger partial charge is 0.417 e. The highest BCUT2D eigenvalue weighted by molar-refractivity contribution is 6.11. The molecule has 7 rings (SSSR count). The summed E-state index contributed by atoms with van der Waals surface area (Å²) in [5.41, 5.74) is -2.83. The minimum Gasteiger partial charge on any atom is -0.308 e. The number of halogens is 9. The van der Waals surface area contributed by atoms with Crippen LogP contribution < -0.4 is 0 Å². The molecule has 0 radical (unpaired) electrons. The van der Waals surface area contributed by atoms with E-state index in [-0.39, 0.29) is 45.3 Å². The number of aryl methyl sites for hydroxylation is 3. The van der Waals surface area contributed by atoms with E-state index in [1.54, 1.807) is 36.6 Å². The predicted molar refractivity (Wildman–Crippen MR) is 184 cm³/mol. The van der Waals surface area contributed by atoms with Gasteiger partial charge in [0.1, 0.15) is 17.7 Å². The van der Waals surface area contributed by atoms with E-state index in [1.807, 2.05) is 0 Å². The minimum absolute atomic E-state index is 0.0527. The highest BCUT2D eigenvalue weighted by atomic mass is 19.4. The monoisotopic (exact) mass is 745 g/mol. The molecular formula is C40H24F9N5. The van der Waals surface area contributed by atoms with Gasteiger partial charge in [-0.25, -0.2) is 15.0 Å². The van der Waals surface area contributed by atoms with Crippen molar-refractivity contribution in [1.29, 1.82) is 5.26 Å². The number of nitriles is 1. The van der Waals surface area contributed by atoms with E-state index >= 15 is 0 Å². The third kappa shape index (κ3) is 6.50. The zero-order valence-corrected chi connectivity index (χ0v) is 28.3. The van der Waals surface area contributed by atoms with Crippen molar-refractivity contribution in [2.45, 2.75) is 39.3 Å². The van der Waals surface area contributed by atoms with Gasteiger partial charge in [-0.15, -0.1) is 0 Å². The third-order valence-corrected chi connectivity index (χ3v) is 9.00. The Balaban J connectivity index is 1.57. The van der Waals surface area contributed by atoms with Gasteiger partial charge in [0.2, 0.25) is 0 Å². The molecule has 5 aromatic carbocycles. The van der Waals surface area contributed by atoms with Crippen molar-refractivity contribution in [3.05, 3.63) is 130 Å². The Morgan fingerprint density at radius 3 is 1.57 bits per heavy atom. The van der Waals surface area contributed by atoms with E-state index in [1.165, 1.54) is 55.5 Å². The van der Waals surface area contributed by atoms with Gasteiger partial charge < -0.3 is 4.57 Å². The van der Waals surface area contributed by atoms with Crippen LogP contribution in [0.5, 0.6) is 0 Å². The lowest BCUT2D eigenvalue weighted by Gasteiger charge is -2.17. The van der Waals surface area contributed by atoms with Crippen molar-refractivity contribution < 1.29 is 39.5 Å². The Bertz CT molecular complexity index is 2660. The van der Waals surface area contributed by atoms with Crippen molar-refractivity contribution in [3.63, 3.8) is 0 Å². The molecule has 14 heteroatoms. The fourth-order valence-electron chi connectivity index (χ4n) is 6.66. The second-order valence-corrected chi connectivity index (χ2v) is 12.7.